The lowest BCUT2D eigenvalue weighted by atomic mass is 9.82. The van der Waals surface area contributed by atoms with Crippen LogP contribution in [0.1, 0.15) is 40.5 Å². The molecule has 0 saturated carbocycles. The molecule has 34 heavy (non-hydrogen) atoms. The molecule has 1 aliphatic carbocycles. The molecule has 3 amide bonds. The Hall–Kier alpha value is -4.21. The second-order valence-electron chi connectivity index (χ2n) is 8.29. The van der Waals surface area contributed by atoms with Crippen molar-refractivity contribution in [2.24, 2.45) is 11.8 Å². The van der Waals surface area contributed by atoms with Gasteiger partial charge in [0.1, 0.15) is 12.4 Å². The van der Waals surface area contributed by atoms with Crippen molar-refractivity contribution in [1.82, 2.24) is 10.0 Å². The number of fused-ring (bicyclic) bond motifs is 1. The van der Waals surface area contributed by atoms with Crippen molar-refractivity contribution in [2.45, 2.75) is 19.8 Å². The summed E-state index contributed by atoms with van der Waals surface area (Å²) >= 11 is 0. The highest BCUT2D eigenvalue weighted by Gasteiger charge is 2.51. The van der Waals surface area contributed by atoms with Crippen LogP contribution in [0.3, 0.4) is 0 Å². The first-order valence-corrected chi connectivity index (χ1v) is 10.6. The number of carbonyl (C=O) groups is 4. The Balaban J connectivity index is 1.71. The molecule has 1 fully saturated rings. The average molecular weight is 465 g/mol. The number of nitro benzene ring substituents is 1. The fraction of sp³-hybridized carbons (Fsp3) is 0.250. The van der Waals surface area contributed by atoms with Gasteiger partial charge in [-0.05, 0) is 50.1 Å². The molecule has 2 aromatic carbocycles. The number of rotatable bonds is 6. The van der Waals surface area contributed by atoms with E-state index in [1.54, 1.807) is 0 Å². The highest BCUT2D eigenvalue weighted by Crippen LogP contribution is 2.38. The molecule has 1 saturated heterocycles. The number of halogens is 1. The number of allylic oxidation sites excluding steroid dienone is 2. The van der Waals surface area contributed by atoms with Gasteiger partial charge in [0.2, 0.25) is 0 Å². The van der Waals surface area contributed by atoms with E-state index >= 15 is 0 Å². The topological polar surface area (TPSA) is 118 Å². The minimum absolute atomic E-state index is 0.0762. The van der Waals surface area contributed by atoms with Gasteiger partial charge in [-0.1, -0.05) is 17.7 Å². The zero-order valence-electron chi connectivity index (χ0n) is 18.1. The van der Waals surface area contributed by atoms with Gasteiger partial charge in [-0.2, -0.15) is 5.01 Å². The van der Waals surface area contributed by atoms with Crippen molar-refractivity contribution in [3.8, 4) is 0 Å². The van der Waals surface area contributed by atoms with Crippen LogP contribution < -0.4 is 0 Å². The Morgan fingerprint density at radius 2 is 1.76 bits per heavy atom. The molecule has 0 N–H and O–H groups in total. The highest BCUT2D eigenvalue weighted by atomic mass is 19.1. The number of imide groups is 1. The maximum atomic E-state index is 13.4. The number of ketones is 1. The van der Waals surface area contributed by atoms with Crippen LogP contribution in [0.25, 0.3) is 0 Å². The number of Topliss-reactive ketones (excluding diaryl/α,β-unsaturated/α-hetero) is 1. The number of amides is 3. The molecule has 0 aromatic heterocycles. The van der Waals surface area contributed by atoms with E-state index in [1.165, 1.54) is 30.3 Å². The molecule has 2 aromatic rings. The van der Waals surface area contributed by atoms with E-state index in [-0.39, 0.29) is 16.8 Å². The largest absolute Gasteiger partial charge is 0.292 e. The third kappa shape index (κ3) is 4.21. The van der Waals surface area contributed by atoms with Crippen molar-refractivity contribution in [3.63, 3.8) is 0 Å². The fourth-order valence-corrected chi connectivity index (χ4v) is 4.26. The summed E-state index contributed by atoms with van der Waals surface area (Å²) in [5.74, 6) is -4.63. The summed E-state index contributed by atoms with van der Waals surface area (Å²) in [6.45, 7) is 1.16. The molecular formula is C24H20FN3O6. The Kier molecular flexibility index (Phi) is 6.06. The monoisotopic (exact) mass is 465 g/mol. The lowest BCUT2D eigenvalue weighted by Gasteiger charge is -2.30. The second kappa shape index (κ2) is 8.97. The van der Waals surface area contributed by atoms with E-state index in [2.05, 4.69) is 0 Å². The molecule has 10 heteroatoms. The van der Waals surface area contributed by atoms with Gasteiger partial charge >= 0.3 is 0 Å². The van der Waals surface area contributed by atoms with E-state index in [9.17, 15) is 33.7 Å². The van der Waals surface area contributed by atoms with Crippen LogP contribution in [0.2, 0.25) is 0 Å². The number of benzene rings is 2. The maximum absolute atomic E-state index is 13.4. The fourth-order valence-electron chi connectivity index (χ4n) is 4.26. The first-order valence-electron chi connectivity index (χ1n) is 10.6. The second-order valence-corrected chi connectivity index (χ2v) is 8.29. The van der Waals surface area contributed by atoms with E-state index in [1.807, 2.05) is 13.0 Å². The zero-order valence-corrected chi connectivity index (χ0v) is 18.1. The third-order valence-corrected chi connectivity index (χ3v) is 6.04. The molecule has 1 heterocycles. The Morgan fingerprint density at radius 1 is 1.09 bits per heavy atom. The van der Waals surface area contributed by atoms with Gasteiger partial charge in [-0.25, -0.2) is 9.40 Å². The van der Waals surface area contributed by atoms with E-state index in [0.29, 0.717) is 17.9 Å². The summed E-state index contributed by atoms with van der Waals surface area (Å²) in [6, 6.07) is 9.43. The summed E-state index contributed by atoms with van der Waals surface area (Å²) in [7, 11) is 0. The molecule has 0 radical (unpaired) electrons. The number of hydrogen-bond acceptors (Lipinski definition) is 6. The van der Waals surface area contributed by atoms with E-state index in [4.69, 9.17) is 0 Å². The van der Waals surface area contributed by atoms with Gasteiger partial charge in [-0.15, -0.1) is 0 Å². The van der Waals surface area contributed by atoms with Gasteiger partial charge in [0, 0.05) is 23.3 Å². The lowest BCUT2D eigenvalue weighted by molar-refractivity contribution is -0.384. The zero-order chi connectivity index (χ0) is 24.6. The lowest BCUT2D eigenvalue weighted by Crippen LogP contribution is -2.52. The first kappa shape index (κ1) is 23.0. The molecule has 2 atom stereocenters. The van der Waals surface area contributed by atoms with Crippen molar-refractivity contribution >= 4 is 29.2 Å². The van der Waals surface area contributed by atoms with Crippen LogP contribution in [0.5, 0.6) is 0 Å². The summed E-state index contributed by atoms with van der Waals surface area (Å²) in [5, 5.41) is 12.6. The van der Waals surface area contributed by atoms with Gasteiger partial charge < -0.3 is 0 Å². The van der Waals surface area contributed by atoms with Gasteiger partial charge in [0.15, 0.2) is 5.78 Å². The van der Waals surface area contributed by atoms with E-state index in [0.717, 1.165) is 28.8 Å². The summed E-state index contributed by atoms with van der Waals surface area (Å²) < 4.78 is 13.3. The van der Waals surface area contributed by atoms with Crippen LogP contribution >= 0.6 is 0 Å². The highest BCUT2D eigenvalue weighted by molar-refractivity contribution is 6.09. The minimum Gasteiger partial charge on any atom is -0.292 e. The van der Waals surface area contributed by atoms with Crippen molar-refractivity contribution in [2.75, 3.05) is 6.54 Å². The molecular weight excluding hydrogens is 445 g/mol. The quantitative estimate of drug-likeness (QED) is 0.212. The van der Waals surface area contributed by atoms with Crippen molar-refractivity contribution in [1.29, 1.82) is 0 Å². The summed E-state index contributed by atoms with van der Waals surface area (Å²) in [5.41, 5.74) is 0.504. The molecule has 2 aliphatic rings. The summed E-state index contributed by atoms with van der Waals surface area (Å²) in [4.78, 5) is 63.2. The van der Waals surface area contributed by atoms with Crippen LogP contribution in [0.15, 0.2) is 60.2 Å². The standard InChI is InChI=1S/C24H20FN3O6/c1-14-5-10-19-20(11-14)24(32)27(23(19)31)26(13-21(29)15-6-8-17(25)9-7-15)22(30)16-3-2-4-18(12-16)28(33)34/h2-9,12,19-20H,10-11,13H2,1H3/t19-,20+/m1/s1. The van der Waals surface area contributed by atoms with Gasteiger partial charge in [0.05, 0.1) is 16.8 Å². The third-order valence-electron chi connectivity index (χ3n) is 6.04. The molecule has 0 spiro atoms. The number of non-ortho nitro benzene ring substituents is 1. The smallest absolute Gasteiger partial charge is 0.273 e. The first-order chi connectivity index (χ1) is 16.2. The predicted molar refractivity (Wildman–Crippen MR) is 117 cm³/mol. The van der Waals surface area contributed by atoms with Crippen LogP contribution in [-0.4, -0.2) is 45.0 Å². The van der Waals surface area contributed by atoms with Gasteiger partial charge in [0.25, 0.3) is 23.4 Å². The molecule has 9 nitrogen and oxygen atoms in total. The average Bonchev–Trinajstić information content (AvgIpc) is 3.06. The molecule has 0 bridgehead atoms. The number of nitrogens with zero attached hydrogens (tertiary/aromatic N) is 3. The normalized spacial score (nSPS) is 19.5. The maximum Gasteiger partial charge on any atom is 0.273 e. The van der Waals surface area contributed by atoms with E-state index < -0.39 is 52.6 Å². The van der Waals surface area contributed by atoms with Crippen LogP contribution in [0, 0.1) is 27.8 Å². The Bertz CT molecular complexity index is 1240. The summed E-state index contributed by atoms with van der Waals surface area (Å²) in [6.07, 6.45) is 2.56. The SMILES string of the molecule is CC1=CC[C@H]2C(=O)N(N(CC(=O)c3ccc(F)cc3)C(=O)c3cccc([N+](=O)[O-])c3)C(=O)[C@H]2C1. The Labute approximate surface area is 193 Å². The molecule has 174 valence electrons. The van der Waals surface area contributed by atoms with Crippen LogP contribution in [-0.2, 0) is 9.59 Å². The Morgan fingerprint density at radius 3 is 2.44 bits per heavy atom. The minimum atomic E-state index is -0.913. The molecule has 1 aliphatic heterocycles. The molecule has 0 unspecified atom stereocenters. The number of hydrazine groups is 1. The van der Waals surface area contributed by atoms with Gasteiger partial charge in [-0.3, -0.25) is 29.3 Å². The van der Waals surface area contributed by atoms with Crippen molar-refractivity contribution in [3.05, 3.63) is 87.2 Å². The number of carbonyl (C=O) groups excluding carboxylic acids is 4. The van der Waals surface area contributed by atoms with Crippen LogP contribution in [0.4, 0.5) is 10.1 Å². The number of hydrogen-bond donors (Lipinski definition) is 0. The molecule has 4 rings (SSSR count). The predicted octanol–water partition coefficient (Wildman–Crippen LogP) is 3.32. The van der Waals surface area contributed by atoms with Crippen molar-refractivity contribution < 1.29 is 28.5 Å². The number of nitro groups is 1.